The van der Waals surface area contributed by atoms with E-state index in [1.54, 1.807) is 0 Å². The van der Waals surface area contributed by atoms with Gasteiger partial charge in [-0.1, -0.05) is 0 Å². The second-order valence-electron chi connectivity index (χ2n) is 5.01. The minimum absolute atomic E-state index is 0.0738. The number of fused-ring (bicyclic) bond motifs is 1. The summed E-state index contributed by atoms with van der Waals surface area (Å²) < 4.78 is 2.19. The van der Waals surface area contributed by atoms with E-state index in [0.29, 0.717) is 6.54 Å². The molecule has 2 aliphatic rings. The van der Waals surface area contributed by atoms with E-state index in [9.17, 15) is 4.79 Å². The third-order valence-electron chi connectivity index (χ3n) is 3.73. The van der Waals surface area contributed by atoms with Gasteiger partial charge in [-0.15, -0.1) is 10.2 Å². The molecular formula is C12H19N5O. The fourth-order valence-electron chi connectivity index (χ4n) is 2.68. The molecule has 1 amide bonds. The molecule has 1 unspecified atom stereocenters. The van der Waals surface area contributed by atoms with Crippen LogP contribution in [0, 0.1) is 0 Å². The van der Waals surface area contributed by atoms with Crippen LogP contribution >= 0.6 is 0 Å². The van der Waals surface area contributed by atoms with Crippen LogP contribution in [0.2, 0.25) is 0 Å². The molecule has 0 aromatic carbocycles. The Kier molecular flexibility index (Phi) is 3.27. The number of hydrogen-bond acceptors (Lipinski definition) is 4. The smallest absolute Gasteiger partial charge is 0.237 e. The monoisotopic (exact) mass is 249 g/mol. The second-order valence-corrected chi connectivity index (χ2v) is 5.01. The molecule has 18 heavy (non-hydrogen) atoms. The van der Waals surface area contributed by atoms with Crippen molar-refractivity contribution in [3.8, 4) is 0 Å². The van der Waals surface area contributed by atoms with Crippen LogP contribution in [0.25, 0.3) is 0 Å². The highest BCUT2D eigenvalue weighted by Gasteiger charge is 2.22. The number of aromatic nitrogens is 3. The average molecular weight is 249 g/mol. The molecule has 3 rings (SSSR count). The summed E-state index contributed by atoms with van der Waals surface area (Å²) in [7, 11) is 0. The standard InChI is InChI=1S/C12H19N5O/c18-12-9(4-3-6-13-12)14-8-11-16-15-10-5-1-2-7-17(10)11/h9,14H,1-8H2,(H,13,18). The normalized spacial score (nSPS) is 23.6. The number of hydrogen-bond donors (Lipinski definition) is 2. The molecule has 1 atom stereocenters. The molecule has 0 aliphatic carbocycles. The van der Waals surface area contributed by atoms with Crippen LogP contribution in [-0.2, 0) is 24.3 Å². The topological polar surface area (TPSA) is 71.8 Å². The number of carbonyl (C=O) groups excluding carboxylic acids is 1. The van der Waals surface area contributed by atoms with E-state index in [4.69, 9.17) is 0 Å². The first-order valence-electron chi connectivity index (χ1n) is 6.76. The number of aryl methyl sites for hydroxylation is 1. The lowest BCUT2D eigenvalue weighted by atomic mass is 10.1. The van der Waals surface area contributed by atoms with Gasteiger partial charge in [-0.05, 0) is 25.7 Å². The Balaban J connectivity index is 1.62. The van der Waals surface area contributed by atoms with Crippen molar-refractivity contribution in [2.45, 2.75) is 51.2 Å². The van der Waals surface area contributed by atoms with Gasteiger partial charge in [-0.3, -0.25) is 10.1 Å². The van der Waals surface area contributed by atoms with Gasteiger partial charge in [-0.25, -0.2) is 0 Å². The summed E-state index contributed by atoms with van der Waals surface area (Å²) in [5, 5.41) is 14.6. The van der Waals surface area contributed by atoms with Crippen molar-refractivity contribution in [2.75, 3.05) is 6.54 Å². The summed E-state index contributed by atoms with van der Waals surface area (Å²) in [5.41, 5.74) is 0. The Hall–Kier alpha value is -1.43. The van der Waals surface area contributed by atoms with Crippen molar-refractivity contribution in [1.29, 1.82) is 0 Å². The highest BCUT2D eigenvalue weighted by atomic mass is 16.2. The van der Waals surface area contributed by atoms with Gasteiger partial charge in [-0.2, -0.15) is 0 Å². The quantitative estimate of drug-likeness (QED) is 0.790. The predicted octanol–water partition coefficient (Wildman–Crippen LogP) is -0.0174. The largest absolute Gasteiger partial charge is 0.355 e. The van der Waals surface area contributed by atoms with Crippen molar-refractivity contribution in [3.63, 3.8) is 0 Å². The first-order chi connectivity index (χ1) is 8.84. The zero-order valence-corrected chi connectivity index (χ0v) is 10.5. The summed E-state index contributed by atoms with van der Waals surface area (Å²) in [6.45, 7) is 2.44. The van der Waals surface area contributed by atoms with Crippen molar-refractivity contribution in [1.82, 2.24) is 25.4 Å². The van der Waals surface area contributed by atoms with Crippen molar-refractivity contribution in [3.05, 3.63) is 11.6 Å². The molecule has 0 spiro atoms. The molecular weight excluding hydrogens is 230 g/mol. The molecule has 2 N–H and O–H groups in total. The Morgan fingerprint density at radius 1 is 1.33 bits per heavy atom. The van der Waals surface area contributed by atoms with Gasteiger partial charge in [0.15, 0.2) is 0 Å². The van der Waals surface area contributed by atoms with Gasteiger partial charge >= 0.3 is 0 Å². The third kappa shape index (κ3) is 2.25. The number of nitrogens with one attached hydrogen (secondary N) is 2. The molecule has 0 radical (unpaired) electrons. The maximum absolute atomic E-state index is 11.6. The fourth-order valence-corrected chi connectivity index (χ4v) is 2.68. The average Bonchev–Trinajstić information content (AvgIpc) is 2.81. The lowest BCUT2D eigenvalue weighted by molar-refractivity contribution is -0.124. The molecule has 0 saturated carbocycles. The maximum atomic E-state index is 11.6. The molecule has 6 nitrogen and oxygen atoms in total. The fraction of sp³-hybridized carbons (Fsp3) is 0.750. The minimum atomic E-state index is -0.0738. The van der Waals surface area contributed by atoms with Crippen LogP contribution in [0.5, 0.6) is 0 Å². The molecule has 2 aliphatic heterocycles. The number of nitrogens with zero attached hydrogens (tertiary/aromatic N) is 3. The van der Waals surface area contributed by atoms with Gasteiger partial charge in [0.25, 0.3) is 0 Å². The summed E-state index contributed by atoms with van der Waals surface area (Å²) in [6, 6.07) is -0.0738. The van der Waals surface area contributed by atoms with E-state index in [1.807, 2.05) is 0 Å². The van der Waals surface area contributed by atoms with E-state index in [2.05, 4.69) is 25.4 Å². The summed E-state index contributed by atoms with van der Waals surface area (Å²) in [4.78, 5) is 11.6. The molecule has 1 saturated heterocycles. The maximum Gasteiger partial charge on any atom is 0.237 e. The van der Waals surface area contributed by atoms with Crippen LogP contribution < -0.4 is 10.6 Å². The lowest BCUT2D eigenvalue weighted by Gasteiger charge is -2.23. The Morgan fingerprint density at radius 2 is 2.28 bits per heavy atom. The van der Waals surface area contributed by atoms with Crippen LogP contribution in [0.1, 0.15) is 37.3 Å². The summed E-state index contributed by atoms with van der Waals surface area (Å²) in [5.74, 6) is 2.16. The van der Waals surface area contributed by atoms with Crippen LogP contribution in [0.4, 0.5) is 0 Å². The van der Waals surface area contributed by atoms with Crippen LogP contribution in [0.15, 0.2) is 0 Å². The Morgan fingerprint density at radius 3 is 3.17 bits per heavy atom. The molecule has 3 heterocycles. The van der Waals surface area contributed by atoms with Gasteiger partial charge in [0.2, 0.25) is 5.91 Å². The molecule has 1 aromatic heterocycles. The van der Waals surface area contributed by atoms with Crippen molar-refractivity contribution < 1.29 is 4.79 Å². The lowest BCUT2D eigenvalue weighted by Crippen LogP contribution is -2.48. The number of rotatable bonds is 3. The number of piperidine rings is 1. The van der Waals surface area contributed by atoms with E-state index >= 15 is 0 Å². The molecule has 98 valence electrons. The van der Waals surface area contributed by atoms with E-state index in [-0.39, 0.29) is 11.9 Å². The predicted molar refractivity (Wildman–Crippen MR) is 65.8 cm³/mol. The molecule has 1 aromatic rings. The molecule has 0 bridgehead atoms. The zero-order valence-electron chi connectivity index (χ0n) is 10.5. The zero-order chi connectivity index (χ0) is 12.4. The first kappa shape index (κ1) is 11.6. The van der Waals surface area contributed by atoms with E-state index in [1.165, 1.54) is 12.8 Å². The Labute approximate surface area is 106 Å². The Bertz CT molecular complexity index is 442. The van der Waals surface area contributed by atoms with Crippen LogP contribution in [-0.4, -0.2) is 33.3 Å². The molecule has 6 heteroatoms. The van der Waals surface area contributed by atoms with Crippen LogP contribution in [0.3, 0.4) is 0 Å². The molecule has 1 fully saturated rings. The second kappa shape index (κ2) is 5.06. The van der Waals surface area contributed by atoms with Gasteiger partial charge in [0.05, 0.1) is 12.6 Å². The highest BCUT2D eigenvalue weighted by molar-refractivity contribution is 5.82. The van der Waals surface area contributed by atoms with Crippen molar-refractivity contribution in [2.24, 2.45) is 0 Å². The SMILES string of the molecule is O=C1NCCCC1NCc1nnc2n1CCCC2. The number of amides is 1. The van der Waals surface area contributed by atoms with Crippen molar-refractivity contribution >= 4 is 5.91 Å². The van der Waals surface area contributed by atoms with Gasteiger partial charge in [0, 0.05) is 19.5 Å². The summed E-state index contributed by atoms with van der Waals surface area (Å²) >= 11 is 0. The summed E-state index contributed by atoms with van der Waals surface area (Å²) in [6.07, 6.45) is 5.38. The first-order valence-corrected chi connectivity index (χ1v) is 6.76. The highest BCUT2D eigenvalue weighted by Crippen LogP contribution is 2.14. The van der Waals surface area contributed by atoms with Gasteiger partial charge < -0.3 is 9.88 Å². The van der Waals surface area contributed by atoms with E-state index < -0.39 is 0 Å². The van der Waals surface area contributed by atoms with E-state index in [0.717, 1.165) is 44.0 Å². The number of carbonyl (C=O) groups is 1. The minimum Gasteiger partial charge on any atom is -0.355 e. The van der Waals surface area contributed by atoms with Gasteiger partial charge in [0.1, 0.15) is 11.6 Å². The third-order valence-corrected chi connectivity index (χ3v) is 3.73.